The summed E-state index contributed by atoms with van der Waals surface area (Å²) in [5.41, 5.74) is -0.341. The van der Waals surface area contributed by atoms with Crippen LogP contribution in [0.1, 0.15) is 40.0 Å². The molecule has 4 N–H and O–H groups in total. The van der Waals surface area contributed by atoms with Crippen molar-refractivity contribution in [2.24, 2.45) is 0 Å². The lowest BCUT2D eigenvalue weighted by Gasteiger charge is -2.29. The van der Waals surface area contributed by atoms with Crippen LogP contribution in [0.3, 0.4) is 0 Å². The molecular formula is C11H22N2O4. The molecule has 0 aliphatic rings. The summed E-state index contributed by atoms with van der Waals surface area (Å²) in [5.74, 6) is -1.15. The van der Waals surface area contributed by atoms with Gasteiger partial charge in [-0.3, -0.25) is 0 Å². The van der Waals surface area contributed by atoms with E-state index in [9.17, 15) is 9.59 Å². The number of carboxylic acids is 1. The quantitative estimate of drug-likeness (QED) is 0.531. The van der Waals surface area contributed by atoms with Gasteiger partial charge >= 0.3 is 12.0 Å². The number of carbonyl (C=O) groups excluding carboxylic acids is 1. The van der Waals surface area contributed by atoms with E-state index >= 15 is 0 Å². The summed E-state index contributed by atoms with van der Waals surface area (Å²) < 4.78 is 0. The van der Waals surface area contributed by atoms with Crippen LogP contribution in [-0.4, -0.2) is 40.4 Å². The number of aliphatic carboxylic acids is 1. The Morgan fingerprint density at radius 3 is 2.18 bits per heavy atom. The van der Waals surface area contributed by atoms with Gasteiger partial charge in [-0.1, -0.05) is 13.8 Å². The van der Waals surface area contributed by atoms with Crippen LogP contribution in [0, 0.1) is 0 Å². The van der Waals surface area contributed by atoms with Gasteiger partial charge in [0.05, 0.1) is 0 Å². The smallest absolute Gasteiger partial charge is 0.326 e. The normalized spacial score (nSPS) is 12.9. The second kappa shape index (κ2) is 7.11. The summed E-state index contributed by atoms with van der Waals surface area (Å²) in [7, 11) is 0. The minimum Gasteiger partial charge on any atom is -0.480 e. The summed E-state index contributed by atoms with van der Waals surface area (Å²) in [6, 6.07) is -1.57. The van der Waals surface area contributed by atoms with Gasteiger partial charge in [-0.15, -0.1) is 0 Å². The van der Waals surface area contributed by atoms with E-state index in [1.54, 1.807) is 0 Å². The Kier molecular flexibility index (Phi) is 6.57. The molecule has 0 aromatic carbocycles. The third-order valence-electron chi connectivity index (χ3n) is 3.00. The van der Waals surface area contributed by atoms with E-state index in [4.69, 9.17) is 10.2 Å². The lowest BCUT2D eigenvalue weighted by molar-refractivity contribution is -0.139. The van der Waals surface area contributed by atoms with Crippen molar-refractivity contribution in [1.82, 2.24) is 10.6 Å². The Labute approximate surface area is 101 Å². The van der Waals surface area contributed by atoms with Crippen LogP contribution in [0.25, 0.3) is 0 Å². The third-order valence-corrected chi connectivity index (χ3v) is 3.00. The molecule has 0 rings (SSSR count). The van der Waals surface area contributed by atoms with Crippen molar-refractivity contribution in [2.45, 2.75) is 51.6 Å². The number of hydrogen-bond acceptors (Lipinski definition) is 3. The first kappa shape index (κ1) is 15.7. The molecule has 0 fully saturated rings. The molecule has 0 spiro atoms. The molecule has 100 valence electrons. The van der Waals surface area contributed by atoms with Crippen LogP contribution >= 0.6 is 0 Å². The van der Waals surface area contributed by atoms with Crippen molar-refractivity contribution in [1.29, 1.82) is 0 Å². The van der Waals surface area contributed by atoms with E-state index in [-0.39, 0.29) is 18.6 Å². The average molecular weight is 246 g/mol. The Morgan fingerprint density at radius 1 is 1.29 bits per heavy atom. The fourth-order valence-corrected chi connectivity index (χ4v) is 1.28. The van der Waals surface area contributed by atoms with Crippen LogP contribution in [-0.2, 0) is 4.79 Å². The number of carbonyl (C=O) groups is 2. The monoisotopic (exact) mass is 246 g/mol. The van der Waals surface area contributed by atoms with Gasteiger partial charge in [-0.25, -0.2) is 9.59 Å². The van der Waals surface area contributed by atoms with E-state index in [2.05, 4.69) is 10.6 Å². The number of aliphatic hydroxyl groups excluding tert-OH is 1. The van der Waals surface area contributed by atoms with Gasteiger partial charge < -0.3 is 20.8 Å². The number of urea groups is 1. The van der Waals surface area contributed by atoms with E-state index in [0.29, 0.717) is 0 Å². The van der Waals surface area contributed by atoms with Gasteiger partial charge in [-0.2, -0.15) is 0 Å². The molecule has 2 amide bonds. The third kappa shape index (κ3) is 5.53. The molecule has 17 heavy (non-hydrogen) atoms. The molecule has 6 heteroatoms. The van der Waals surface area contributed by atoms with Crippen molar-refractivity contribution in [2.75, 3.05) is 6.61 Å². The SMILES string of the molecule is CCC(C)(CC)NC(=O)N[C@@H](CCO)C(=O)O. The molecule has 0 aromatic heterocycles. The number of nitrogens with one attached hydrogen (secondary N) is 2. The maximum atomic E-state index is 11.6. The summed E-state index contributed by atoms with van der Waals surface area (Å²) >= 11 is 0. The molecule has 0 bridgehead atoms. The number of hydrogen-bond donors (Lipinski definition) is 4. The largest absolute Gasteiger partial charge is 0.480 e. The average Bonchev–Trinajstić information content (AvgIpc) is 2.28. The highest BCUT2D eigenvalue weighted by Gasteiger charge is 2.25. The molecule has 0 unspecified atom stereocenters. The zero-order chi connectivity index (χ0) is 13.5. The van der Waals surface area contributed by atoms with Crippen LogP contribution in [0.5, 0.6) is 0 Å². The number of rotatable bonds is 7. The Hall–Kier alpha value is -1.30. The van der Waals surface area contributed by atoms with Gasteiger partial charge in [0.25, 0.3) is 0 Å². The van der Waals surface area contributed by atoms with Crippen molar-refractivity contribution in [3.63, 3.8) is 0 Å². The van der Waals surface area contributed by atoms with Crippen LogP contribution < -0.4 is 10.6 Å². The minimum absolute atomic E-state index is 0.00226. The maximum Gasteiger partial charge on any atom is 0.326 e. The highest BCUT2D eigenvalue weighted by atomic mass is 16.4. The van der Waals surface area contributed by atoms with Crippen molar-refractivity contribution in [3.8, 4) is 0 Å². The number of carboxylic acid groups (broad SMARTS) is 1. The topological polar surface area (TPSA) is 98.7 Å². The van der Waals surface area contributed by atoms with E-state index < -0.39 is 18.0 Å². The molecular weight excluding hydrogens is 224 g/mol. The van der Waals surface area contributed by atoms with Crippen LogP contribution in [0.15, 0.2) is 0 Å². The number of amides is 2. The highest BCUT2D eigenvalue weighted by Crippen LogP contribution is 2.13. The predicted octanol–water partition coefficient (Wildman–Crippen LogP) is 0.700. The van der Waals surface area contributed by atoms with E-state index in [0.717, 1.165) is 12.8 Å². The summed E-state index contributed by atoms with van der Waals surface area (Å²) in [4.78, 5) is 22.4. The lowest BCUT2D eigenvalue weighted by Crippen LogP contribution is -2.53. The van der Waals surface area contributed by atoms with Crippen LogP contribution in [0.4, 0.5) is 4.79 Å². The Bertz CT molecular complexity index is 264. The second-order valence-corrected chi connectivity index (χ2v) is 4.27. The predicted molar refractivity (Wildman–Crippen MR) is 63.8 cm³/mol. The molecule has 0 aromatic rings. The van der Waals surface area contributed by atoms with Crippen molar-refractivity contribution < 1.29 is 19.8 Å². The first-order valence-corrected chi connectivity index (χ1v) is 5.81. The standard InChI is InChI=1S/C11H22N2O4/c1-4-11(3,5-2)13-10(17)12-8(6-7-14)9(15)16/h8,14H,4-7H2,1-3H3,(H,15,16)(H2,12,13,17)/t8-/m0/s1. The first-order valence-electron chi connectivity index (χ1n) is 5.81. The van der Waals surface area contributed by atoms with Gasteiger partial charge in [-0.05, 0) is 19.8 Å². The molecule has 0 aliphatic carbocycles. The Balaban J connectivity index is 4.37. The molecule has 1 atom stereocenters. The van der Waals surface area contributed by atoms with Gasteiger partial charge in [0, 0.05) is 18.6 Å². The molecule has 0 heterocycles. The van der Waals surface area contributed by atoms with E-state index in [1.807, 2.05) is 20.8 Å². The summed E-state index contributed by atoms with van der Waals surface area (Å²) in [5, 5.41) is 22.6. The maximum absolute atomic E-state index is 11.6. The first-order chi connectivity index (χ1) is 7.88. The molecule has 0 saturated carbocycles. The molecule has 0 saturated heterocycles. The second-order valence-electron chi connectivity index (χ2n) is 4.27. The fourth-order valence-electron chi connectivity index (χ4n) is 1.28. The lowest BCUT2D eigenvalue weighted by atomic mass is 9.96. The molecule has 6 nitrogen and oxygen atoms in total. The zero-order valence-electron chi connectivity index (χ0n) is 10.6. The Morgan fingerprint density at radius 2 is 1.82 bits per heavy atom. The van der Waals surface area contributed by atoms with Crippen LogP contribution in [0.2, 0.25) is 0 Å². The van der Waals surface area contributed by atoms with Crippen molar-refractivity contribution in [3.05, 3.63) is 0 Å². The summed E-state index contributed by atoms with van der Waals surface area (Å²) in [6.45, 7) is 5.52. The molecule has 0 radical (unpaired) electrons. The van der Waals surface area contributed by atoms with Gasteiger partial charge in [0.2, 0.25) is 0 Å². The van der Waals surface area contributed by atoms with E-state index in [1.165, 1.54) is 0 Å². The zero-order valence-corrected chi connectivity index (χ0v) is 10.6. The summed E-state index contributed by atoms with van der Waals surface area (Å²) in [6.07, 6.45) is 1.51. The van der Waals surface area contributed by atoms with Crippen molar-refractivity contribution >= 4 is 12.0 Å². The number of aliphatic hydroxyl groups is 1. The molecule has 0 aliphatic heterocycles. The van der Waals surface area contributed by atoms with Gasteiger partial charge in [0.15, 0.2) is 0 Å². The highest BCUT2D eigenvalue weighted by molar-refractivity contribution is 5.82. The minimum atomic E-state index is -1.15. The van der Waals surface area contributed by atoms with Gasteiger partial charge in [0.1, 0.15) is 6.04 Å². The fraction of sp³-hybridized carbons (Fsp3) is 0.818.